The summed E-state index contributed by atoms with van der Waals surface area (Å²) in [5.41, 5.74) is 1.60. The van der Waals surface area contributed by atoms with Gasteiger partial charge < -0.3 is 20.1 Å². The first-order valence-corrected chi connectivity index (χ1v) is 8.04. The van der Waals surface area contributed by atoms with Gasteiger partial charge in [-0.1, -0.05) is 31.2 Å². The number of aliphatic hydroxyl groups excluding tert-OH is 1. The molecular weight excluding hydrogens is 304 g/mol. The molecular formula is C19H24N2O3. The molecule has 0 saturated carbocycles. The molecule has 0 heterocycles. The van der Waals surface area contributed by atoms with E-state index in [2.05, 4.69) is 5.32 Å². The number of para-hydroxylation sites is 1. The highest BCUT2D eigenvalue weighted by Gasteiger charge is 2.19. The van der Waals surface area contributed by atoms with Crippen molar-refractivity contribution in [2.45, 2.75) is 19.4 Å². The average Bonchev–Trinajstić information content (AvgIpc) is 2.62. The number of nitrogens with zero attached hydrogens (tertiary/aromatic N) is 1. The highest BCUT2D eigenvalue weighted by atomic mass is 16.5. The summed E-state index contributed by atoms with van der Waals surface area (Å²) in [7, 11) is 1.59. The molecule has 24 heavy (non-hydrogen) atoms. The number of methoxy groups -OCH3 is 1. The minimum absolute atomic E-state index is 0.00215. The second kappa shape index (κ2) is 8.93. The molecule has 5 heteroatoms. The minimum atomic E-state index is -0.140. The molecule has 1 atom stereocenters. The highest BCUT2D eigenvalue weighted by Crippen LogP contribution is 2.20. The molecule has 0 radical (unpaired) electrons. The molecule has 2 aromatic carbocycles. The van der Waals surface area contributed by atoms with Crippen LogP contribution >= 0.6 is 0 Å². The van der Waals surface area contributed by atoms with Crippen molar-refractivity contribution in [3.8, 4) is 5.75 Å². The smallest absolute Gasteiger partial charge is 0.243 e. The van der Waals surface area contributed by atoms with Gasteiger partial charge in [-0.15, -0.1) is 0 Å². The Kier molecular flexibility index (Phi) is 6.63. The van der Waals surface area contributed by atoms with Crippen LogP contribution in [0.1, 0.15) is 13.3 Å². The molecule has 2 N–H and O–H groups in total. The van der Waals surface area contributed by atoms with Crippen molar-refractivity contribution in [2.24, 2.45) is 0 Å². The number of benzene rings is 2. The first kappa shape index (κ1) is 17.8. The van der Waals surface area contributed by atoms with Gasteiger partial charge in [0.15, 0.2) is 0 Å². The molecule has 0 aliphatic heterocycles. The number of carbonyl (C=O) groups is 1. The molecule has 0 aromatic heterocycles. The van der Waals surface area contributed by atoms with Gasteiger partial charge in [-0.2, -0.15) is 0 Å². The summed E-state index contributed by atoms with van der Waals surface area (Å²) in [5, 5.41) is 12.5. The van der Waals surface area contributed by atoms with Crippen molar-refractivity contribution in [1.82, 2.24) is 0 Å². The van der Waals surface area contributed by atoms with E-state index in [1.165, 1.54) is 0 Å². The molecule has 128 valence electrons. The lowest BCUT2D eigenvalue weighted by Crippen LogP contribution is -2.42. The van der Waals surface area contributed by atoms with Gasteiger partial charge in [0, 0.05) is 17.4 Å². The highest BCUT2D eigenvalue weighted by molar-refractivity contribution is 5.94. The lowest BCUT2D eigenvalue weighted by molar-refractivity contribution is -0.115. The van der Waals surface area contributed by atoms with Crippen molar-refractivity contribution in [2.75, 3.05) is 30.5 Å². The molecule has 1 amide bonds. The van der Waals surface area contributed by atoms with Crippen LogP contribution in [0.4, 0.5) is 11.4 Å². The van der Waals surface area contributed by atoms with Crippen LogP contribution in [-0.4, -0.2) is 37.3 Å². The van der Waals surface area contributed by atoms with Gasteiger partial charge in [0.2, 0.25) is 5.91 Å². The zero-order valence-electron chi connectivity index (χ0n) is 14.1. The third kappa shape index (κ3) is 4.73. The Bertz CT molecular complexity index is 642. The molecule has 1 unspecified atom stereocenters. The molecule has 0 fully saturated rings. The lowest BCUT2D eigenvalue weighted by Gasteiger charge is -2.31. The number of anilines is 2. The fourth-order valence-electron chi connectivity index (χ4n) is 2.55. The van der Waals surface area contributed by atoms with Gasteiger partial charge in [-0.3, -0.25) is 4.79 Å². The van der Waals surface area contributed by atoms with E-state index in [-0.39, 0.29) is 25.1 Å². The van der Waals surface area contributed by atoms with Crippen LogP contribution in [0.3, 0.4) is 0 Å². The summed E-state index contributed by atoms with van der Waals surface area (Å²) in [6.45, 7) is 2.16. The van der Waals surface area contributed by atoms with Crippen LogP contribution in [0, 0.1) is 0 Å². The maximum atomic E-state index is 12.5. The van der Waals surface area contributed by atoms with Crippen molar-refractivity contribution in [1.29, 1.82) is 0 Å². The number of hydrogen-bond acceptors (Lipinski definition) is 4. The quantitative estimate of drug-likeness (QED) is 0.782. The van der Waals surface area contributed by atoms with Crippen molar-refractivity contribution in [3.63, 3.8) is 0 Å². The number of hydrogen-bond donors (Lipinski definition) is 2. The zero-order chi connectivity index (χ0) is 17.4. The van der Waals surface area contributed by atoms with E-state index in [0.29, 0.717) is 11.4 Å². The van der Waals surface area contributed by atoms with Crippen LogP contribution in [0.15, 0.2) is 54.6 Å². The SMILES string of the molecule is CCC(CO)N(CC(=O)Nc1cccc(OC)c1)c1ccccc1. The summed E-state index contributed by atoms with van der Waals surface area (Å²) < 4.78 is 5.17. The van der Waals surface area contributed by atoms with E-state index in [1.54, 1.807) is 13.2 Å². The van der Waals surface area contributed by atoms with Crippen LogP contribution in [-0.2, 0) is 4.79 Å². The Morgan fingerprint density at radius 2 is 1.96 bits per heavy atom. The normalized spacial score (nSPS) is 11.6. The summed E-state index contributed by atoms with van der Waals surface area (Å²) in [4.78, 5) is 14.4. The van der Waals surface area contributed by atoms with E-state index in [4.69, 9.17) is 4.74 Å². The molecule has 5 nitrogen and oxygen atoms in total. The van der Waals surface area contributed by atoms with Gasteiger partial charge in [0.05, 0.1) is 26.3 Å². The molecule has 0 aliphatic carbocycles. The lowest BCUT2D eigenvalue weighted by atomic mass is 10.1. The number of aliphatic hydroxyl groups is 1. The first-order valence-electron chi connectivity index (χ1n) is 8.04. The van der Waals surface area contributed by atoms with Crippen LogP contribution in [0.2, 0.25) is 0 Å². The summed E-state index contributed by atoms with van der Waals surface area (Å²) in [5.74, 6) is 0.550. The number of nitrogens with one attached hydrogen (secondary N) is 1. The van der Waals surface area contributed by atoms with Crippen LogP contribution in [0.25, 0.3) is 0 Å². The summed E-state index contributed by atoms with van der Waals surface area (Å²) >= 11 is 0. The molecule has 0 saturated heterocycles. The third-order valence-corrected chi connectivity index (χ3v) is 3.88. The van der Waals surface area contributed by atoms with Gasteiger partial charge in [-0.25, -0.2) is 0 Å². The van der Waals surface area contributed by atoms with E-state index >= 15 is 0 Å². The number of ether oxygens (including phenoxy) is 1. The Morgan fingerprint density at radius 1 is 1.21 bits per heavy atom. The summed E-state index contributed by atoms with van der Waals surface area (Å²) in [6, 6.07) is 16.8. The van der Waals surface area contributed by atoms with Crippen molar-refractivity contribution >= 4 is 17.3 Å². The monoisotopic (exact) mass is 328 g/mol. The molecule has 2 aromatic rings. The van der Waals surface area contributed by atoms with Crippen molar-refractivity contribution in [3.05, 3.63) is 54.6 Å². The van der Waals surface area contributed by atoms with Gasteiger partial charge >= 0.3 is 0 Å². The number of amides is 1. The molecule has 0 spiro atoms. The second-order valence-electron chi connectivity index (χ2n) is 5.49. The first-order chi connectivity index (χ1) is 11.7. The van der Waals surface area contributed by atoms with Crippen LogP contribution in [0.5, 0.6) is 5.75 Å². The molecule has 2 rings (SSSR count). The Morgan fingerprint density at radius 3 is 2.58 bits per heavy atom. The second-order valence-corrected chi connectivity index (χ2v) is 5.49. The largest absolute Gasteiger partial charge is 0.497 e. The van der Waals surface area contributed by atoms with E-state index in [9.17, 15) is 9.90 Å². The van der Waals surface area contributed by atoms with Gasteiger partial charge in [0.1, 0.15) is 5.75 Å². The summed E-state index contributed by atoms with van der Waals surface area (Å²) in [6.07, 6.45) is 0.748. The molecule has 0 aliphatic rings. The number of rotatable bonds is 8. The maximum absolute atomic E-state index is 12.5. The standard InChI is InChI=1S/C19H24N2O3/c1-3-16(14-22)21(17-9-5-4-6-10-17)13-19(23)20-15-8-7-11-18(12-15)24-2/h4-12,16,22H,3,13-14H2,1-2H3,(H,20,23). The van der Waals surface area contributed by atoms with E-state index < -0.39 is 0 Å². The zero-order valence-corrected chi connectivity index (χ0v) is 14.1. The van der Waals surface area contributed by atoms with Crippen molar-refractivity contribution < 1.29 is 14.6 Å². The maximum Gasteiger partial charge on any atom is 0.243 e. The third-order valence-electron chi connectivity index (χ3n) is 3.88. The predicted octanol–water partition coefficient (Wildman–Crippen LogP) is 2.91. The average molecular weight is 328 g/mol. The fraction of sp³-hybridized carbons (Fsp3) is 0.316. The van der Waals surface area contributed by atoms with Gasteiger partial charge in [-0.05, 0) is 30.7 Å². The fourth-order valence-corrected chi connectivity index (χ4v) is 2.55. The number of carbonyl (C=O) groups excluding carboxylic acids is 1. The van der Waals surface area contributed by atoms with E-state index in [0.717, 1.165) is 12.1 Å². The van der Waals surface area contributed by atoms with Gasteiger partial charge in [0.25, 0.3) is 0 Å². The predicted molar refractivity (Wildman–Crippen MR) is 96.6 cm³/mol. The Labute approximate surface area is 142 Å². The molecule has 0 bridgehead atoms. The minimum Gasteiger partial charge on any atom is -0.497 e. The topological polar surface area (TPSA) is 61.8 Å². The Hall–Kier alpha value is -2.53. The Balaban J connectivity index is 2.12. The van der Waals surface area contributed by atoms with E-state index in [1.807, 2.05) is 60.4 Å². The van der Waals surface area contributed by atoms with Crippen LogP contribution < -0.4 is 15.0 Å².